The van der Waals surface area contributed by atoms with E-state index in [2.05, 4.69) is 6.92 Å². The molecule has 0 spiro atoms. The van der Waals surface area contributed by atoms with Gasteiger partial charge in [-0.15, -0.1) is 0 Å². The fourth-order valence-electron chi connectivity index (χ4n) is 4.95. The summed E-state index contributed by atoms with van der Waals surface area (Å²) in [6.07, 6.45) is 18.5. The number of hydrogen-bond donors (Lipinski definition) is 0. The Hall–Kier alpha value is -0.730. The van der Waals surface area contributed by atoms with Gasteiger partial charge in [-0.25, -0.2) is 4.79 Å². The topological polar surface area (TPSA) is 35.5 Å². The summed E-state index contributed by atoms with van der Waals surface area (Å²) >= 11 is 0. The van der Waals surface area contributed by atoms with Crippen molar-refractivity contribution in [1.82, 2.24) is 0 Å². The Morgan fingerprint density at radius 1 is 0.800 bits per heavy atom. The first-order chi connectivity index (χ1) is 12.2. The Morgan fingerprint density at radius 3 is 2.00 bits per heavy atom. The van der Waals surface area contributed by atoms with Crippen molar-refractivity contribution in [2.24, 2.45) is 17.8 Å². The summed E-state index contributed by atoms with van der Waals surface area (Å²) in [5.74, 6) is 2.80. The monoisotopic (exact) mass is 352 g/mol. The van der Waals surface area contributed by atoms with Crippen molar-refractivity contribution in [2.75, 3.05) is 6.61 Å². The number of rotatable bonds is 9. The highest BCUT2D eigenvalue weighted by Crippen LogP contribution is 2.41. The minimum Gasteiger partial charge on any atom is -0.435 e. The second kappa shape index (κ2) is 11.8. The van der Waals surface area contributed by atoms with Crippen molar-refractivity contribution < 1.29 is 14.3 Å². The van der Waals surface area contributed by atoms with Crippen LogP contribution in [0.15, 0.2) is 0 Å². The van der Waals surface area contributed by atoms with E-state index in [1.807, 2.05) is 6.92 Å². The van der Waals surface area contributed by atoms with E-state index >= 15 is 0 Å². The summed E-state index contributed by atoms with van der Waals surface area (Å²) in [7, 11) is 0. The maximum Gasteiger partial charge on any atom is 0.508 e. The Morgan fingerprint density at radius 2 is 1.40 bits per heavy atom. The third kappa shape index (κ3) is 7.58. The van der Waals surface area contributed by atoms with Crippen LogP contribution in [-0.2, 0) is 9.47 Å². The zero-order valence-corrected chi connectivity index (χ0v) is 16.6. The molecule has 2 aliphatic rings. The summed E-state index contributed by atoms with van der Waals surface area (Å²) in [6, 6.07) is 0. The zero-order chi connectivity index (χ0) is 17.9. The van der Waals surface area contributed by atoms with Gasteiger partial charge in [0.25, 0.3) is 0 Å². The van der Waals surface area contributed by atoms with E-state index in [0.29, 0.717) is 6.61 Å². The lowest BCUT2D eigenvalue weighted by Crippen LogP contribution is -2.30. The van der Waals surface area contributed by atoms with Crippen molar-refractivity contribution in [3.8, 4) is 0 Å². The molecule has 3 heteroatoms. The molecular weight excluding hydrogens is 312 g/mol. The standard InChI is InChI=1S/C22H40O3/c1-3-5-6-7-8-9-18-10-12-19(13-11-18)20-14-16-21(17-15-20)25-22(23)24-4-2/h18-21H,3-17H2,1-2H3/t18-,19-,20-,21-. The Balaban J connectivity index is 1.57. The third-order valence-corrected chi connectivity index (χ3v) is 6.52. The van der Waals surface area contributed by atoms with Crippen LogP contribution in [0.1, 0.15) is 104 Å². The highest BCUT2D eigenvalue weighted by Gasteiger charge is 2.31. The molecule has 0 aliphatic heterocycles. The van der Waals surface area contributed by atoms with E-state index in [1.165, 1.54) is 77.0 Å². The number of carbonyl (C=O) groups excluding carboxylic acids is 1. The molecule has 0 heterocycles. The molecule has 0 unspecified atom stereocenters. The van der Waals surface area contributed by atoms with E-state index in [4.69, 9.17) is 9.47 Å². The molecule has 0 aromatic rings. The Kier molecular flexibility index (Phi) is 9.72. The Labute approximate surface area is 155 Å². The zero-order valence-electron chi connectivity index (χ0n) is 16.6. The van der Waals surface area contributed by atoms with Crippen LogP contribution >= 0.6 is 0 Å². The van der Waals surface area contributed by atoms with E-state index in [9.17, 15) is 4.79 Å². The van der Waals surface area contributed by atoms with Gasteiger partial charge in [0.1, 0.15) is 6.10 Å². The van der Waals surface area contributed by atoms with Crippen LogP contribution in [0.2, 0.25) is 0 Å². The molecule has 0 amide bonds. The first-order valence-electron chi connectivity index (χ1n) is 11.1. The van der Waals surface area contributed by atoms with Crippen molar-refractivity contribution in [1.29, 1.82) is 0 Å². The summed E-state index contributed by atoms with van der Waals surface area (Å²) < 4.78 is 10.3. The predicted molar refractivity (Wildman–Crippen MR) is 103 cm³/mol. The van der Waals surface area contributed by atoms with Gasteiger partial charge >= 0.3 is 6.16 Å². The van der Waals surface area contributed by atoms with Gasteiger partial charge in [0.2, 0.25) is 0 Å². The summed E-state index contributed by atoms with van der Waals surface area (Å²) in [5.41, 5.74) is 0. The lowest BCUT2D eigenvalue weighted by molar-refractivity contribution is 0.00160. The lowest BCUT2D eigenvalue weighted by atomic mass is 9.70. The van der Waals surface area contributed by atoms with E-state index in [1.54, 1.807) is 0 Å². The molecule has 146 valence electrons. The molecule has 2 aliphatic carbocycles. The molecule has 0 aromatic heterocycles. The van der Waals surface area contributed by atoms with Crippen molar-refractivity contribution >= 4 is 6.16 Å². The Bertz CT molecular complexity index is 352. The highest BCUT2D eigenvalue weighted by atomic mass is 16.7. The molecule has 3 nitrogen and oxygen atoms in total. The van der Waals surface area contributed by atoms with Crippen LogP contribution in [0.25, 0.3) is 0 Å². The van der Waals surface area contributed by atoms with Gasteiger partial charge in [-0.3, -0.25) is 0 Å². The van der Waals surface area contributed by atoms with Gasteiger partial charge in [-0.1, -0.05) is 58.3 Å². The summed E-state index contributed by atoms with van der Waals surface area (Å²) in [6.45, 7) is 4.51. The van der Waals surface area contributed by atoms with Gasteiger partial charge in [-0.05, 0) is 63.2 Å². The highest BCUT2D eigenvalue weighted by molar-refractivity contribution is 5.60. The first-order valence-corrected chi connectivity index (χ1v) is 11.1. The van der Waals surface area contributed by atoms with Crippen LogP contribution in [-0.4, -0.2) is 18.9 Å². The maximum atomic E-state index is 11.4. The van der Waals surface area contributed by atoms with E-state index in [-0.39, 0.29) is 6.10 Å². The van der Waals surface area contributed by atoms with Crippen LogP contribution < -0.4 is 0 Å². The van der Waals surface area contributed by atoms with Crippen molar-refractivity contribution in [3.05, 3.63) is 0 Å². The van der Waals surface area contributed by atoms with Crippen molar-refractivity contribution in [3.63, 3.8) is 0 Å². The van der Waals surface area contributed by atoms with Crippen LogP contribution in [0.3, 0.4) is 0 Å². The number of hydrogen-bond acceptors (Lipinski definition) is 3. The summed E-state index contributed by atoms with van der Waals surface area (Å²) in [4.78, 5) is 11.4. The molecule has 0 bridgehead atoms. The molecule has 0 saturated heterocycles. The van der Waals surface area contributed by atoms with Crippen LogP contribution in [0, 0.1) is 17.8 Å². The fraction of sp³-hybridized carbons (Fsp3) is 0.955. The third-order valence-electron chi connectivity index (χ3n) is 6.52. The van der Waals surface area contributed by atoms with Crippen LogP contribution in [0.4, 0.5) is 4.79 Å². The van der Waals surface area contributed by atoms with Crippen LogP contribution in [0.5, 0.6) is 0 Å². The van der Waals surface area contributed by atoms with Gasteiger partial charge in [0.15, 0.2) is 0 Å². The number of ether oxygens (including phenoxy) is 2. The molecule has 0 atom stereocenters. The second-order valence-corrected chi connectivity index (χ2v) is 8.32. The number of unbranched alkanes of at least 4 members (excludes halogenated alkanes) is 4. The average molecular weight is 353 g/mol. The minimum atomic E-state index is -0.481. The molecule has 0 aromatic carbocycles. The molecular formula is C22H40O3. The molecule has 0 N–H and O–H groups in total. The minimum absolute atomic E-state index is 0.0924. The molecule has 2 saturated carbocycles. The van der Waals surface area contributed by atoms with E-state index < -0.39 is 6.16 Å². The fourth-order valence-corrected chi connectivity index (χ4v) is 4.95. The SMILES string of the molecule is CCCCCCC[C@H]1CC[C@H]([C@H]2CC[C@H](OC(=O)OCC)CC2)CC1. The normalized spacial score (nSPS) is 30.0. The number of carbonyl (C=O) groups is 1. The molecule has 2 rings (SSSR count). The quantitative estimate of drug-likeness (QED) is 0.335. The van der Waals surface area contributed by atoms with Gasteiger partial charge in [-0.2, -0.15) is 0 Å². The summed E-state index contributed by atoms with van der Waals surface area (Å²) in [5, 5.41) is 0. The molecule has 25 heavy (non-hydrogen) atoms. The van der Waals surface area contributed by atoms with Crippen molar-refractivity contribution in [2.45, 2.75) is 110 Å². The van der Waals surface area contributed by atoms with E-state index in [0.717, 1.165) is 30.6 Å². The predicted octanol–water partition coefficient (Wildman–Crippen LogP) is 6.89. The smallest absolute Gasteiger partial charge is 0.435 e. The average Bonchev–Trinajstić information content (AvgIpc) is 2.63. The maximum absolute atomic E-state index is 11.4. The largest absolute Gasteiger partial charge is 0.508 e. The molecule has 2 fully saturated rings. The van der Waals surface area contributed by atoms with Gasteiger partial charge < -0.3 is 9.47 Å². The first kappa shape index (κ1) is 20.6. The second-order valence-electron chi connectivity index (χ2n) is 8.32. The molecule has 0 radical (unpaired) electrons. The lowest BCUT2D eigenvalue weighted by Gasteiger charge is -2.37. The van der Waals surface area contributed by atoms with Gasteiger partial charge in [0.05, 0.1) is 6.61 Å². The van der Waals surface area contributed by atoms with Gasteiger partial charge in [0, 0.05) is 0 Å².